The summed E-state index contributed by atoms with van der Waals surface area (Å²) in [4.78, 5) is 20.8. The third kappa shape index (κ3) is 5.28. The number of β-amino-alcohol motifs (C(OH)–C–C–N with tert-alkyl or cyclic N) is 1. The van der Waals surface area contributed by atoms with E-state index in [9.17, 15) is 9.90 Å². The van der Waals surface area contributed by atoms with Crippen molar-refractivity contribution < 1.29 is 9.90 Å². The number of carbonyl (C=O) groups excluding carboxylic acids is 1. The van der Waals surface area contributed by atoms with Crippen molar-refractivity contribution in [1.29, 1.82) is 0 Å². The lowest BCUT2D eigenvalue weighted by atomic mass is 9.96. The van der Waals surface area contributed by atoms with Gasteiger partial charge in [-0.3, -0.25) is 9.69 Å². The molecule has 1 aromatic rings. The second kappa shape index (κ2) is 9.31. The van der Waals surface area contributed by atoms with Crippen molar-refractivity contribution in [1.82, 2.24) is 14.7 Å². The molecule has 1 amide bonds. The Labute approximate surface area is 161 Å². The van der Waals surface area contributed by atoms with Crippen molar-refractivity contribution >= 4 is 17.2 Å². The van der Waals surface area contributed by atoms with Crippen LogP contribution in [0.4, 0.5) is 0 Å². The van der Waals surface area contributed by atoms with Crippen LogP contribution in [0.1, 0.15) is 43.5 Å². The van der Waals surface area contributed by atoms with Gasteiger partial charge in [0.1, 0.15) is 0 Å². The first-order valence-corrected chi connectivity index (χ1v) is 10.8. The highest BCUT2D eigenvalue weighted by Gasteiger charge is 2.31. The number of likely N-dealkylation sites (tertiary alicyclic amines) is 2. The number of amides is 1. The standard InChI is InChI=1S/C20H33N3O2S/c1-16(24)13-22-10-7-17(8-11-22)14-21(2)15-20(25)23-9-3-5-18(23)19-6-4-12-26-19/h4,6,12,16-18,24H,3,5,7-11,13-15H2,1-2H3. The molecule has 1 aromatic heterocycles. The number of carbonyl (C=O) groups is 1. The molecule has 0 radical (unpaired) electrons. The molecular weight excluding hydrogens is 346 g/mol. The monoisotopic (exact) mass is 379 g/mol. The van der Waals surface area contributed by atoms with Crippen LogP contribution in [0.3, 0.4) is 0 Å². The maximum Gasteiger partial charge on any atom is 0.237 e. The summed E-state index contributed by atoms with van der Waals surface area (Å²) in [6.07, 6.45) is 4.28. The number of hydrogen-bond donors (Lipinski definition) is 1. The van der Waals surface area contributed by atoms with Gasteiger partial charge in [-0.05, 0) is 70.1 Å². The highest BCUT2D eigenvalue weighted by atomic mass is 32.1. The first kappa shape index (κ1) is 19.8. The minimum Gasteiger partial charge on any atom is -0.392 e. The molecule has 0 bridgehead atoms. The van der Waals surface area contributed by atoms with Crippen molar-refractivity contribution in [3.05, 3.63) is 22.4 Å². The molecule has 6 heteroatoms. The molecule has 2 atom stereocenters. The number of piperidine rings is 1. The molecule has 1 N–H and O–H groups in total. The molecule has 0 saturated carbocycles. The van der Waals surface area contributed by atoms with Crippen LogP contribution in [0.2, 0.25) is 0 Å². The third-order valence-corrected chi connectivity index (χ3v) is 6.62. The lowest BCUT2D eigenvalue weighted by Gasteiger charge is -2.34. The van der Waals surface area contributed by atoms with Crippen molar-refractivity contribution in [2.24, 2.45) is 5.92 Å². The Balaban J connectivity index is 1.43. The normalized spacial score (nSPS) is 23.7. The van der Waals surface area contributed by atoms with Gasteiger partial charge in [0.15, 0.2) is 0 Å². The Morgan fingerprint density at radius 3 is 2.77 bits per heavy atom. The highest BCUT2D eigenvalue weighted by molar-refractivity contribution is 7.10. The summed E-state index contributed by atoms with van der Waals surface area (Å²) in [7, 11) is 2.08. The van der Waals surface area contributed by atoms with Gasteiger partial charge in [0.05, 0.1) is 18.7 Å². The van der Waals surface area contributed by atoms with Crippen LogP contribution in [0.15, 0.2) is 17.5 Å². The van der Waals surface area contributed by atoms with Gasteiger partial charge >= 0.3 is 0 Å². The van der Waals surface area contributed by atoms with Crippen LogP contribution in [-0.2, 0) is 4.79 Å². The molecule has 0 spiro atoms. The number of nitrogens with zero attached hydrogens (tertiary/aromatic N) is 3. The third-order valence-electron chi connectivity index (χ3n) is 5.65. The van der Waals surface area contributed by atoms with E-state index in [0.717, 1.165) is 58.4 Å². The second-order valence-corrected chi connectivity index (χ2v) is 9.03. The van der Waals surface area contributed by atoms with Crippen molar-refractivity contribution in [3.8, 4) is 0 Å². The first-order chi connectivity index (χ1) is 12.5. The Bertz CT molecular complexity index is 555. The summed E-state index contributed by atoms with van der Waals surface area (Å²) in [6, 6.07) is 4.53. The fraction of sp³-hybridized carbons (Fsp3) is 0.750. The summed E-state index contributed by atoms with van der Waals surface area (Å²) in [5, 5.41) is 11.6. The molecule has 2 fully saturated rings. The highest BCUT2D eigenvalue weighted by Crippen LogP contribution is 2.34. The number of aliphatic hydroxyl groups excluding tert-OH is 1. The zero-order valence-corrected chi connectivity index (χ0v) is 17.0. The van der Waals surface area contributed by atoms with Gasteiger partial charge in [0.25, 0.3) is 0 Å². The molecule has 2 unspecified atom stereocenters. The number of hydrogen-bond acceptors (Lipinski definition) is 5. The molecular formula is C20H33N3O2S. The average molecular weight is 380 g/mol. The summed E-state index contributed by atoms with van der Waals surface area (Å²) in [6.45, 7) is 7.16. The number of likely N-dealkylation sites (N-methyl/N-ethyl adjacent to an activating group) is 1. The van der Waals surface area contributed by atoms with Crippen LogP contribution in [0, 0.1) is 5.92 Å². The van der Waals surface area contributed by atoms with Gasteiger partial charge in [-0.2, -0.15) is 0 Å². The van der Waals surface area contributed by atoms with E-state index < -0.39 is 0 Å². The smallest absolute Gasteiger partial charge is 0.237 e. The van der Waals surface area contributed by atoms with E-state index in [-0.39, 0.29) is 12.0 Å². The van der Waals surface area contributed by atoms with Crippen LogP contribution in [-0.4, -0.2) is 78.1 Å². The van der Waals surface area contributed by atoms with Gasteiger partial charge in [-0.25, -0.2) is 0 Å². The molecule has 3 rings (SSSR count). The van der Waals surface area contributed by atoms with Gasteiger partial charge in [-0.15, -0.1) is 11.3 Å². The van der Waals surface area contributed by atoms with Gasteiger partial charge < -0.3 is 14.9 Å². The molecule has 2 saturated heterocycles. The Hall–Kier alpha value is -0.950. The molecule has 0 aromatic carbocycles. The largest absolute Gasteiger partial charge is 0.392 e. The zero-order valence-electron chi connectivity index (χ0n) is 16.1. The van der Waals surface area contributed by atoms with Crippen molar-refractivity contribution in [2.45, 2.75) is 44.8 Å². The molecule has 26 heavy (non-hydrogen) atoms. The van der Waals surface area contributed by atoms with Crippen LogP contribution >= 0.6 is 11.3 Å². The number of aliphatic hydroxyl groups is 1. The molecule has 2 aliphatic heterocycles. The molecule has 2 aliphatic rings. The maximum absolute atomic E-state index is 12.8. The predicted molar refractivity (Wildman–Crippen MR) is 106 cm³/mol. The van der Waals surface area contributed by atoms with E-state index in [2.05, 4.69) is 39.3 Å². The predicted octanol–water partition coefficient (Wildman–Crippen LogP) is 2.44. The van der Waals surface area contributed by atoms with Crippen molar-refractivity contribution in [2.75, 3.05) is 46.3 Å². The Morgan fingerprint density at radius 2 is 2.12 bits per heavy atom. The van der Waals surface area contributed by atoms with Crippen LogP contribution < -0.4 is 0 Å². The van der Waals surface area contributed by atoms with E-state index in [1.54, 1.807) is 11.3 Å². The minimum absolute atomic E-state index is 0.247. The van der Waals surface area contributed by atoms with E-state index in [1.807, 2.05) is 6.92 Å². The van der Waals surface area contributed by atoms with E-state index >= 15 is 0 Å². The fourth-order valence-corrected chi connectivity index (χ4v) is 5.27. The van der Waals surface area contributed by atoms with Crippen LogP contribution in [0.5, 0.6) is 0 Å². The molecule has 146 valence electrons. The van der Waals surface area contributed by atoms with Crippen LogP contribution in [0.25, 0.3) is 0 Å². The Morgan fingerprint density at radius 1 is 1.35 bits per heavy atom. The summed E-state index contributed by atoms with van der Waals surface area (Å²) in [5.41, 5.74) is 0. The molecule has 5 nitrogen and oxygen atoms in total. The molecule has 3 heterocycles. The maximum atomic E-state index is 12.8. The van der Waals surface area contributed by atoms with Gasteiger partial charge in [0, 0.05) is 24.5 Å². The fourth-order valence-electron chi connectivity index (χ4n) is 4.39. The zero-order chi connectivity index (χ0) is 18.5. The minimum atomic E-state index is -0.247. The second-order valence-electron chi connectivity index (χ2n) is 8.05. The number of rotatable bonds is 7. The topological polar surface area (TPSA) is 47.0 Å². The number of thiophene rings is 1. The lowest BCUT2D eigenvalue weighted by molar-refractivity contribution is -0.133. The SMILES string of the molecule is CC(O)CN1CCC(CN(C)CC(=O)N2CCCC2c2cccs2)CC1. The summed E-state index contributed by atoms with van der Waals surface area (Å²) in [5.74, 6) is 0.930. The lowest BCUT2D eigenvalue weighted by Crippen LogP contribution is -2.43. The quantitative estimate of drug-likeness (QED) is 0.790. The van der Waals surface area contributed by atoms with Gasteiger partial charge in [-0.1, -0.05) is 6.07 Å². The van der Waals surface area contributed by atoms with E-state index in [1.165, 1.54) is 4.88 Å². The Kier molecular flexibility index (Phi) is 7.09. The molecule has 0 aliphatic carbocycles. The van der Waals surface area contributed by atoms with Gasteiger partial charge in [0.2, 0.25) is 5.91 Å². The van der Waals surface area contributed by atoms with E-state index in [4.69, 9.17) is 0 Å². The van der Waals surface area contributed by atoms with E-state index in [0.29, 0.717) is 18.5 Å². The van der Waals surface area contributed by atoms with Crippen molar-refractivity contribution in [3.63, 3.8) is 0 Å². The average Bonchev–Trinajstić information content (AvgIpc) is 3.27. The summed E-state index contributed by atoms with van der Waals surface area (Å²) >= 11 is 1.76. The summed E-state index contributed by atoms with van der Waals surface area (Å²) < 4.78 is 0. The first-order valence-electron chi connectivity index (χ1n) is 9.94.